The number of amides is 2. The molecule has 0 atom stereocenters. The number of piperidine rings is 2. The Bertz CT molecular complexity index is 1560. The second kappa shape index (κ2) is 9.94. The molecule has 0 spiro atoms. The van der Waals surface area contributed by atoms with Gasteiger partial charge in [0.2, 0.25) is 0 Å². The lowest BCUT2D eigenvalue weighted by atomic mass is 9.90. The third-order valence-corrected chi connectivity index (χ3v) is 7.88. The van der Waals surface area contributed by atoms with E-state index in [4.69, 9.17) is 5.10 Å². The van der Waals surface area contributed by atoms with E-state index in [0.29, 0.717) is 59.7 Å². The smallest absolute Gasteiger partial charge is 0.407 e. The summed E-state index contributed by atoms with van der Waals surface area (Å²) in [5.41, 5.74) is 4.04. The van der Waals surface area contributed by atoms with Crippen molar-refractivity contribution < 1.29 is 14.7 Å². The highest BCUT2D eigenvalue weighted by Crippen LogP contribution is 2.32. The molecule has 0 bridgehead atoms. The van der Waals surface area contributed by atoms with Crippen LogP contribution in [0.4, 0.5) is 10.5 Å². The van der Waals surface area contributed by atoms with Crippen LogP contribution in [0.1, 0.15) is 59.1 Å². The molecule has 2 saturated heterocycles. The molecule has 2 aliphatic rings. The van der Waals surface area contributed by atoms with Gasteiger partial charge in [0, 0.05) is 30.6 Å². The predicted molar refractivity (Wildman–Crippen MR) is 144 cm³/mol. The van der Waals surface area contributed by atoms with Crippen LogP contribution in [-0.2, 0) is 0 Å². The zero-order valence-electron chi connectivity index (χ0n) is 20.9. The van der Waals surface area contributed by atoms with Gasteiger partial charge in [-0.25, -0.2) is 9.31 Å². The van der Waals surface area contributed by atoms with Gasteiger partial charge in [-0.2, -0.15) is 5.10 Å². The van der Waals surface area contributed by atoms with Gasteiger partial charge in [-0.3, -0.25) is 9.59 Å². The van der Waals surface area contributed by atoms with Crippen molar-refractivity contribution in [3.05, 3.63) is 75.7 Å². The van der Waals surface area contributed by atoms with Crippen molar-refractivity contribution in [1.82, 2.24) is 24.8 Å². The van der Waals surface area contributed by atoms with Crippen LogP contribution in [0.15, 0.2) is 53.3 Å². The minimum absolute atomic E-state index is 0.00112. The van der Waals surface area contributed by atoms with Crippen molar-refractivity contribution in [3.8, 4) is 0 Å². The quantitative estimate of drug-likeness (QED) is 0.328. The summed E-state index contributed by atoms with van der Waals surface area (Å²) in [4.78, 5) is 41.5. The number of fused-ring (bicyclic) bond motifs is 3. The van der Waals surface area contributed by atoms with E-state index in [0.717, 1.165) is 31.6 Å². The normalized spacial score (nSPS) is 17.2. The molecule has 0 radical (unpaired) electrons. The maximum Gasteiger partial charge on any atom is 0.407 e. The van der Waals surface area contributed by atoms with Gasteiger partial charge < -0.3 is 25.6 Å². The minimum Gasteiger partial charge on any atom is -0.465 e. The van der Waals surface area contributed by atoms with Gasteiger partial charge in [-0.1, -0.05) is 18.2 Å². The topological polar surface area (TPSA) is 132 Å². The minimum atomic E-state index is -0.925. The van der Waals surface area contributed by atoms with Crippen LogP contribution in [0, 0.1) is 0 Å². The molecule has 10 nitrogen and oxygen atoms in total. The van der Waals surface area contributed by atoms with Gasteiger partial charge >= 0.3 is 6.09 Å². The Balaban J connectivity index is 1.30. The molecule has 10 heteroatoms. The fraction of sp³-hybridized carbons (Fsp3) is 0.357. The highest BCUT2D eigenvalue weighted by Gasteiger charge is 2.27. The van der Waals surface area contributed by atoms with Crippen LogP contribution in [-0.4, -0.2) is 62.8 Å². The highest BCUT2D eigenvalue weighted by molar-refractivity contribution is 6.11. The van der Waals surface area contributed by atoms with Crippen LogP contribution in [0.2, 0.25) is 0 Å². The Morgan fingerprint density at radius 2 is 1.71 bits per heavy atom. The number of carbonyl (C=O) groups excluding carboxylic acids is 1. The summed E-state index contributed by atoms with van der Waals surface area (Å²) in [6.07, 6.45) is 2.49. The Labute approximate surface area is 218 Å². The summed E-state index contributed by atoms with van der Waals surface area (Å²) in [6, 6.07) is 14.8. The van der Waals surface area contributed by atoms with Crippen molar-refractivity contribution >= 4 is 34.2 Å². The standard InChI is InChI=1S/C28H30N6O4/c35-24-16-23(19-10-14-33(15-11-19)28(37)38)34-26(31-24)25-21(2-1-3-22(25)32-34)30-27(36)20-6-4-17(5-7-20)18-8-12-29-13-9-18/h1-7,16,18-19,29H,8-15H2,(H,30,36)(H,31,35)(H,37,38). The summed E-state index contributed by atoms with van der Waals surface area (Å²) in [5.74, 6) is 0.290. The number of aromatic nitrogens is 3. The van der Waals surface area contributed by atoms with Gasteiger partial charge in [0.1, 0.15) is 5.65 Å². The second-order valence-corrected chi connectivity index (χ2v) is 10.2. The Kier molecular flexibility index (Phi) is 6.32. The molecule has 0 saturated carbocycles. The van der Waals surface area contributed by atoms with E-state index in [-0.39, 0.29) is 17.4 Å². The lowest BCUT2D eigenvalue weighted by Crippen LogP contribution is -2.37. The first-order chi connectivity index (χ1) is 18.5. The number of anilines is 1. The van der Waals surface area contributed by atoms with E-state index in [2.05, 4.69) is 15.6 Å². The first-order valence-electron chi connectivity index (χ1n) is 13.1. The van der Waals surface area contributed by atoms with Gasteiger partial charge in [0.05, 0.1) is 22.3 Å². The maximum absolute atomic E-state index is 13.2. The Hall–Kier alpha value is -4.18. The second-order valence-electron chi connectivity index (χ2n) is 10.2. The molecular weight excluding hydrogens is 484 g/mol. The highest BCUT2D eigenvalue weighted by atomic mass is 16.4. The molecule has 0 aliphatic carbocycles. The molecule has 2 amide bonds. The number of nitrogens with zero attached hydrogens (tertiary/aromatic N) is 3. The van der Waals surface area contributed by atoms with Crippen LogP contribution in [0.25, 0.3) is 16.6 Å². The largest absolute Gasteiger partial charge is 0.465 e. The van der Waals surface area contributed by atoms with Crippen LogP contribution in [0.3, 0.4) is 0 Å². The predicted octanol–water partition coefficient (Wildman–Crippen LogP) is 3.75. The van der Waals surface area contributed by atoms with E-state index in [1.807, 2.05) is 42.5 Å². The van der Waals surface area contributed by atoms with E-state index in [1.54, 1.807) is 10.6 Å². The zero-order chi connectivity index (χ0) is 26.2. The number of benzene rings is 2. The third-order valence-electron chi connectivity index (χ3n) is 7.88. The summed E-state index contributed by atoms with van der Waals surface area (Å²) in [6.45, 7) is 2.85. The molecule has 2 aliphatic heterocycles. The molecular formula is C28H30N6O4. The van der Waals surface area contributed by atoms with E-state index >= 15 is 0 Å². The number of rotatable bonds is 4. The van der Waals surface area contributed by atoms with E-state index in [1.165, 1.54) is 10.5 Å². The third kappa shape index (κ3) is 4.51. The van der Waals surface area contributed by atoms with Crippen molar-refractivity contribution in [3.63, 3.8) is 0 Å². The number of H-pyrrole nitrogens is 1. The average Bonchev–Trinajstić information content (AvgIpc) is 3.32. The maximum atomic E-state index is 13.2. The number of hydrogen-bond donors (Lipinski definition) is 4. The summed E-state index contributed by atoms with van der Waals surface area (Å²) >= 11 is 0. The molecule has 4 N–H and O–H groups in total. The first kappa shape index (κ1) is 24.2. The van der Waals surface area contributed by atoms with Crippen LogP contribution < -0.4 is 16.2 Å². The SMILES string of the molecule is O=C(Nc1cccc2nn3c(C4CCN(C(=O)O)CC4)cc(=O)[nH]c3c12)c1ccc(C2CCNCC2)cc1. The molecule has 4 aromatic rings. The zero-order valence-corrected chi connectivity index (χ0v) is 20.9. The fourth-order valence-corrected chi connectivity index (χ4v) is 5.80. The number of likely N-dealkylation sites (tertiary alicyclic amines) is 1. The fourth-order valence-electron chi connectivity index (χ4n) is 5.80. The Morgan fingerprint density at radius 3 is 2.42 bits per heavy atom. The molecule has 196 valence electrons. The van der Waals surface area contributed by atoms with Gasteiger partial charge in [0.15, 0.2) is 0 Å². The number of hydrogen-bond acceptors (Lipinski definition) is 5. The summed E-state index contributed by atoms with van der Waals surface area (Å²) < 4.78 is 1.73. The lowest BCUT2D eigenvalue weighted by Gasteiger charge is -2.30. The Morgan fingerprint density at radius 1 is 0.974 bits per heavy atom. The van der Waals surface area contributed by atoms with Crippen molar-refractivity contribution in [2.24, 2.45) is 0 Å². The molecule has 0 unspecified atom stereocenters. The van der Waals surface area contributed by atoms with Gasteiger partial charge in [-0.15, -0.1) is 0 Å². The number of aromatic amines is 1. The van der Waals surface area contributed by atoms with Crippen molar-refractivity contribution in [1.29, 1.82) is 0 Å². The molecule has 2 aromatic carbocycles. The average molecular weight is 515 g/mol. The lowest BCUT2D eigenvalue weighted by molar-refractivity contribution is 0.102. The van der Waals surface area contributed by atoms with Crippen molar-refractivity contribution in [2.75, 3.05) is 31.5 Å². The van der Waals surface area contributed by atoms with Gasteiger partial charge in [0.25, 0.3) is 11.5 Å². The monoisotopic (exact) mass is 514 g/mol. The number of carbonyl (C=O) groups is 2. The van der Waals surface area contributed by atoms with E-state index < -0.39 is 6.09 Å². The number of nitrogens with one attached hydrogen (secondary N) is 3. The first-order valence-corrected chi connectivity index (χ1v) is 13.1. The van der Waals surface area contributed by atoms with Gasteiger partial charge in [-0.05, 0) is 74.5 Å². The molecule has 4 heterocycles. The molecule has 2 aromatic heterocycles. The van der Waals surface area contributed by atoms with Crippen LogP contribution in [0.5, 0.6) is 0 Å². The molecule has 38 heavy (non-hydrogen) atoms. The summed E-state index contributed by atoms with van der Waals surface area (Å²) in [5, 5.41) is 21.1. The number of carboxylic acid groups (broad SMARTS) is 1. The summed E-state index contributed by atoms with van der Waals surface area (Å²) in [7, 11) is 0. The van der Waals surface area contributed by atoms with E-state index in [9.17, 15) is 19.5 Å². The molecule has 6 rings (SSSR count). The van der Waals surface area contributed by atoms with Crippen LogP contribution >= 0.6 is 0 Å². The molecule has 2 fully saturated rings. The van der Waals surface area contributed by atoms with Crippen molar-refractivity contribution in [2.45, 2.75) is 37.5 Å².